The van der Waals surface area contributed by atoms with Crippen LogP contribution in [0.4, 0.5) is 0 Å². The summed E-state index contributed by atoms with van der Waals surface area (Å²) in [5, 5.41) is 3.37. The van der Waals surface area contributed by atoms with Crippen molar-refractivity contribution in [3.8, 4) is 11.5 Å². The molecule has 146 valence electrons. The summed E-state index contributed by atoms with van der Waals surface area (Å²) in [7, 11) is 3.66. The maximum atomic E-state index is 12.5. The fourth-order valence-corrected chi connectivity index (χ4v) is 2.98. The van der Waals surface area contributed by atoms with Gasteiger partial charge in [0.15, 0.2) is 11.5 Å². The van der Waals surface area contributed by atoms with Crippen LogP contribution >= 0.6 is 11.6 Å². The van der Waals surface area contributed by atoms with Crippen molar-refractivity contribution in [3.05, 3.63) is 22.7 Å². The predicted octanol–water partition coefficient (Wildman–Crippen LogP) is 3.99. The van der Waals surface area contributed by atoms with E-state index in [4.69, 9.17) is 21.1 Å². The minimum absolute atomic E-state index is 0.157. The average Bonchev–Trinajstić information content (AvgIpc) is 3.44. The summed E-state index contributed by atoms with van der Waals surface area (Å²) in [4.78, 5) is 14.8. The summed E-state index contributed by atoms with van der Waals surface area (Å²) in [6.45, 7) is 7.55. The van der Waals surface area contributed by atoms with Crippen molar-refractivity contribution in [2.24, 2.45) is 5.92 Å². The van der Waals surface area contributed by atoms with Gasteiger partial charge in [-0.15, -0.1) is 0 Å². The van der Waals surface area contributed by atoms with Crippen LogP contribution in [0.1, 0.15) is 50.4 Å². The van der Waals surface area contributed by atoms with Crippen LogP contribution in [0.5, 0.6) is 11.5 Å². The van der Waals surface area contributed by atoms with E-state index in [-0.39, 0.29) is 5.91 Å². The van der Waals surface area contributed by atoms with Crippen LogP contribution in [0.15, 0.2) is 12.1 Å². The summed E-state index contributed by atoms with van der Waals surface area (Å²) in [5.74, 6) is 1.36. The van der Waals surface area contributed by atoms with Crippen LogP contribution in [0.2, 0.25) is 5.02 Å². The molecule has 1 aromatic rings. The van der Waals surface area contributed by atoms with E-state index in [9.17, 15) is 4.79 Å². The number of benzene rings is 1. The fourth-order valence-electron chi connectivity index (χ4n) is 2.72. The third-order valence-corrected chi connectivity index (χ3v) is 5.09. The van der Waals surface area contributed by atoms with Gasteiger partial charge in [-0.3, -0.25) is 9.69 Å². The first-order valence-corrected chi connectivity index (χ1v) is 9.71. The van der Waals surface area contributed by atoms with Gasteiger partial charge in [0, 0.05) is 24.2 Å². The lowest BCUT2D eigenvalue weighted by atomic mass is 10.1. The fraction of sp³-hybridized carbons (Fsp3) is 0.650. The van der Waals surface area contributed by atoms with Gasteiger partial charge in [0.25, 0.3) is 5.91 Å². The SMILES string of the molecule is COc1cc(C(=O)NCC(C)N(C)C2CC2)cc(Cl)c1OCCC(C)C. The van der Waals surface area contributed by atoms with Gasteiger partial charge in [-0.1, -0.05) is 25.4 Å². The summed E-state index contributed by atoms with van der Waals surface area (Å²) >= 11 is 6.34. The Morgan fingerprint density at radius 2 is 2.04 bits per heavy atom. The van der Waals surface area contributed by atoms with Gasteiger partial charge in [0.2, 0.25) is 0 Å². The van der Waals surface area contributed by atoms with Crippen LogP contribution < -0.4 is 14.8 Å². The summed E-state index contributed by atoms with van der Waals surface area (Å²) < 4.78 is 11.2. The van der Waals surface area contributed by atoms with E-state index in [2.05, 4.69) is 38.0 Å². The Morgan fingerprint density at radius 3 is 2.62 bits per heavy atom. The van der Waals surface area contributed by atoms with Crippen LogP contribution in [-0.4, -0.2) is 50.2 Å². The topological polar surface area (TPSA) is 50.8 Å². The van der Waals surface area contributed by atoms with Crippen molar-refractivity contribution >= 4 is 17.5 Å². The Balaban J connectivity index is 1.99. The molecule has 0 saturated heterocycles. The highest BCUT2D eigenvalue weighted by molar-refractivity contribution is 6.32. The molecule has 0 heterocycles. The predicted molar refractivity (Wildman–Crippen MR) is 106 cm³/mol. The lowest BCUT2D eigenvalue weighted by molar-refractivity contribution is 0.0939. The Bertz CT molecular complexity index is 617. The molecule has 1 aliphatic rings. The Labute approximate surface area is 162 Å². The van der Waals surface area contributed by atoms with E-state index >= 15 is 0 Å². The largest absolute Gasteiger partial charge is 0.493 e. The molecule has 1 atom stereocenters. The number of hydrogen-bond donors (Lipinski definition) is 1. The zero-order valence-corrected chi connectivity index (χ0v) is 17.2. The zero-order chi connectivity index (χ0) is 19.3. The van der Waals surface area contributed by atoms with E-state index in [1.807, 2.05) is 0 Å². The maximum absolute atomic E-state index is 12.5. The summed E-state index contributed by atoms with van der Waals surface area (Å²) in [6.07, 6.45) is 3.42. The number of halogens is 1. The molecule has 5 nitrogen and oxygen atoms in total. The third-order valence-electron chi connectivity index (χ3n) is 4.81. The van der Waals surface area contributed by atoms with E-state index in [0.717, 1.165) is 6.42 Å². The highest BCUT2D eigenvalue weighted by Crippen LogP contribution is 2.36. The molecule has 1 saturated carbocycles. The van der Waals surface area contributed by atoms with E-state index in [0.29, 0.717) is 53.2 Å². The Kier molecular flexibility index (Phi) is 7.59. The molecule has 0 aliphatic heterocycles. The number of carbonyl (C=O) groups excluding carboxylic acids is 1. The van der Waals surface area contributed by atoms with Crippen molar-refractivity contribution in [1.82, 2.24) is 10.2 Å². The van der Waals surface area contributed by atoms with Gasteiger partial charge in [-0.2, -0.15) is 0 Å². The average molecular weight is 383 g/mol. The minimum atomic E-state index is -0.157. The van der Waals surface area contributed by atoms with Crippen LogP contribution in [-0.2, 0) is 0 Å². The number of carbonyl (C=O) groups is 1. The van der Waals surface area contributed by atoms with Crippen molar-refractivity contribution in [2.45, 2.75) is 52.1 Å². The molecule has 1 N–H and O–H groups in total. The second-order valence-electron chi connectivity index (χ2n) is 7.48. The minimum Gasteiger partial charge on any atom is -0.493 e. The lowest BCUT2D eigenvalue weighted by Gasteiger charge is -2.24. The second kappa shape index (κ2) is 9.47. The quantitative estimate of drug-likeness (QED) is 0.664. The number of likely N-dealkylation sites (N-methyl/N-ethyl adjacent to an activating group) is 1. The van der Waals surface area contributed by atoms with Gasteiger partial charge in [0.05, 0.1) is 18.7 Å². The number of amides is 1. The highest BCUT2D eigenvalue weighted by atomic mass is 35.5. The number of nitrogens with one attached hydrogen (secondary N) is 1. The first-order chi connectivity index (χ1) is 12.3. The molecule has 0 spiro atoms. The Morgan fingerprint density at radius 1 is 1.35 bits per heavy atom. The molecular weight excluding hydrogens is 352 g/mol. The zero-order valence-electron chi connectivity index (χ0n) is 16.5. The molecule has 1 aliphatic carbocycles. The third kappa shape index (κ3) is 5.78. The lowest BCUT2D eigenvalue weighted by Crippen LogP contribution is -2.41. The smallest absolute Gasteiger partial charge is 0.251 e. The Hall–Kier alpha value is -1.46. The van der Waals surface area contributed by atoms with Crippen molar-refractivity contribution in [3.63, 3.8) is 0 Å². The van der Waals surface area contributed by atoms with E-state index in [1.54, 1.807) is 19.2 Å². The second-order valence-corrected chi connectivity index (χ2v) is 7.88. The monoisotopic (exact) mass is 382 g/mol. The maximum Gasteiger partial charge on any atom is 0.251 e. The molecule has 0 bridgehead atoms. The van der Waals surface area contributed by atoms with Gasteiger partial charge in [-0.25, -0.2) is 0 Å². The molecular formula is C20H31ClN2O3. The molecule has 26 heavy (non-hydrogen) atoms. The first-order valence-electron chi connectivity index (χ1n) is 9.34. The molecule has 6 heteroatoms. The van der Waals surface area contributed by atoms with E-state index in [1.165, 1.54) is 12.8 Å². The molecule has 0 aromatic heterocycles. The molecule has 1 unspecified atom stereocenters. The van der Waals surface area contributed by atoms with Crippen molar-refractivity contribution in [1.29, 1.82) is 0 Å². The van der Waals surface area contributed by atoms with Crippen LogP contribution in [0, 0.1) is 5.92 Å². The molecule has 2 rings (SSSR count). The summed E-state index contributed by atoms with van der Waals surface area (Å²) in [6, 6.07) is 4.28. The van der Waals surface area contributed by atoms with Gasteiger partial charge in [0.1, 0.15) is 0 Å². The van der Waals surface area contributed by atoms with Gasteiger partial charge in [-0.05, 0) is 51.3 Å². The molecule has 1 aromatic carbocycles. The number of hydrogen-bond acceptors (Lipinski definition) is 4. The van der Waals surface area contributed by atoms with Gasteiger partial charge < -0.3 is 14.8 Å². The molecule has 1 amide bonds. The van der Waals surface area contributed by atoms with Crippen LogP contribution in [0.3, 0.4) is 0 Å². The molecule has 0 radical (unpaired) electrons. The van der Waals surface area contributed by atoms with Crippen LogP contribution in [0.25, 0.3) is 0 Å². The number of ether oxygens (including phenoxy) is 2. The number of rotatable bonds is 10. The van der Waals surface area contributed by atoms with Gasteiger partial charge >= 0.3 is 0 Å². The van der Waals surface area contributed by atoms with Crippen molar-refractivity contribution in [2.75, 3.05) is 27.3 Å². The summed E-state index contributed by atoms with van der Waals surface area (Å²) in [5.41, 5.74) is 0.476. The van der Waals surface area contributed by atoms with Crippen molar-refractivity contribution < 1.29 is 14.3 Å². The number of methoxy groups -OCH3 is 1. The highest BCUT2D eigenvalue weighted by Gasteiger charge is 2.29. The molecule has 1 fully saturated rings. The van der Waals surface area contributed by atoms with E-state index < -0.39 is 0 Å². The normalized spacial score (nSPS) is 15.2. The first kappa shape index (κ1) is 20.8. The number of nitrogens with zero attached hydrogens (tertiary/aromatic N) is 1. The standard InChI is InChI=1S/C20H31ClN2O3/c1-13(2)8-9-26-19-17(21)10-15(11-18(19)25-5)20(24)22-12-14(3)23(4)16-6-7-16/h10-11,13-14,16H,6-9,12H2,1-5H3,(H,22,24).